The van der Waals surface area contributed by atoms with Gasteiger partial charge in [0, 0.05) is 25.7 Å². The summed E-state index contributed by atoms with van der Waals surface area (Å²) < 4.78 is 68.5. The average Bonchev–Trinajstić information content (AvgIpc) is 0.907. The monoisotopic (exact) mass is 1600 g/mol. The van der Waals surface area contributed by atoms with Gasteiger partial charge in [-0.1, -0.05) is 311 Å². The van der Waals surface area contributed by atoms with Gasteiger partial charge >= 0.3 is 39.5 Å². The lowest BCUT2D eigenvalue weighted by molar-refractivity contribution is -0.161. The summed E-state index contributed by atoms with van der Waals surface area (Å²) in [5, 5.41) is 10.7. The number of rotatable bonds is 76. The van der Waals surface area contributed by atoms with Gasteiger partial charge < -0.3 is 33.8 Å². The summed E-state index contributed by atoms with van der Waals surface area (Å²) in [7, 11) is -10.1. The van der Waals surface area contributed by atoms with Crippen LogP contribution in [0.4, 0.5) is 0 Å². The van der Waals surface area contributed by atoms with E-state index in [0.29, 0.717) is 44.9 Å². The van der Waals surface area contributed by atoms with Crippen molar-refractivity contribution in [2.24, 2.45) is 0 Å². The first kappa shape index (κ1) is 105. The van der Waals surface area contributed by atoms with Gasteiger partial charge in [-0.2, -0.15) is 0 Å². The number of esters is 4. The molecule has 0 aromatic carbocycles. The Bertz CT molecular complexity index is 2990. The molecule has 0 aliphatic carbocycles. The highest BCUT2D eigenvalue weighted by atomic mass is 31.2. The Labute approximate surface area is 677 Å². The number of hydrogen-bond acceptors (Lipinski definition) is 15. The van der Waals surface area contributed by atoms with Crippen LogP contribution in [-0.2, 0) is 65.4 Å². The molecule has 0 rings (SSSR count). The molecule has 630 valence electrons. The van der Waals surface area contributed by atoms with Gasteiger partial charge in [0.1, 0.15) is 19.3 Å². The van der Waals surface area contributed by atoms with Crippen molar-refractivity contribution in [1.82, 2.24) is 0 Å². The standard InChI is InChI=1S/C93H146O17P2/c1-5-9-13-17-21-25-29-33-37-40-43-46-50-54-58-62-66-70-74-78-91(96)104-84-89(110-93(98)80-76-72-68-64-60-56-52-48-45-42-39-35-31-27-23-19-15-11-7-3)86-108-112(101,102)106-82-87(94)81-105-111(99,100)107-85-88(83-103-90(95)77-73-69-65-61-57-53-49-36-32-28-24-20-16-12-8-4)109-92(97)79-75-71-67-63-59-55-51-47-44-41-38-34-30-26-22-18-14-10-6-2/h10-11,14-15,21-23,25-27,33-39,43-49,54-56,58-60,66-68,70-72,87-89,94H,5-9,12-13,16-20,24,28-32,40-42,50-53,57,61-65,69,73-86H2,1-4H3,(H,99,100)(H,101,102)/b14-10-,15-11-,25-21-,26-22-,27-23-,37-33-,38-34-,39-35-,46-43-,47-44-,48-45-,49-36-,58-54-,59-55-,60-56-,70-66-,71-67-,72-68-/t87-,88+,89+/m0/s1. The molecular weight excluding hydrogens is 1450 g/mol. The maximum absolute atomic E-state index is 13.1. The number of allylic oxidation sites excluding steroid dienone is 36. The van der Waals surface area contributed by atoms with Gasteiger partial charge in [0.05, 0.1) is 26.4 Å². The highest BCUT2D eigenvalue weighted by molar-refractivity contribution is 7.47. The molecule has 5 atom stereocenters. The van der Waals surface area contributed by atoms with Crippen molar-refractivity contribution >= 4 is 39.5 Å². The number of ether oxygens (including phenoxy) is 4. The number of phosphoric ester groups is 2. The van der Waals surface area contributed by atoms with Crippen LogP contribution in [0.25, 0.3) is 0 Å². The van der Waals surface area contributed by atoms with E-state index in [0.717, 1.165) is 128 Å². The second kappa shape index (κ2) is 82.4. The lowest BCUT2D eigenvalue weighted by atomic mass is 10.1. The van der Waals surface area contributed by atoms with Gasteiger partial charge in [0.2, 0.25) is 0 Å². The first-order valence-corrected chi connectivity index (χ1v) is 45.0. The maximum Gasteiger partial charge on any atom is 0.472 e. The third kappa shape index (κ3) is 81.4. The van der Waals surface area contributed by atoms with E-state index in [-0.39, 0.29) is 25.7 Å². The van der Waals surface area contributed by atoms with E-state index >= 15 is 0 Å². The number of carbonyl (C=O) groups excluding carboxylic acids is 4. The molecule has 0 amide bonds. The number of unbranched alkanes of at least 4 members (excludes halogenated alkanes) is 14. The Balaban J connectivity index is 5.62. The topological polar surface area (TPSA) is 237 Å². The summed E-state index contributed by atoms with van der Waals surface area (Å²) in [6, 6.07) is 0. The van der Waals surface area contributed by atoms with Crippen LogP contribution < -0.4 is 0 Å². The molecule has 0 aromatic heterocycles. The Hall–Kier alpha value is -6.62. The molecule has 0 aromatic rings. The minimum absolute atomic E-state index is 0.0108. The SMILES string of the molecule is CC/C=C\C/C=C\C/C=C\C/C=C\C/C=C\C/C=C\CCC(=O)O[C@H](COC(=O)CC/C=C\C/C=C\C/C=C\C/C=C\C/C=C\CCCCC)COP(=O)(O)OC[C@@H](O)COP(=O)(O)OC[C@@H](COC(=O)CCCCCCC/C=C\CCCCCCCC)OC(=O)CC/C=C\C/C=C\C/C=C\C/C=C\C/C=C\C/C=C\CC. The van der Waals surface area contributed by atoms with Crippen molar-refractivity contribution in [3.05, 3.63) is 219 Å². The van der Waals surface area contributed by atoms with Crippen LogP contribution in [0.15, 0.2) is 219 Å². The molecule has 0 fully saturated rings. The Kier molecular flexibility index (Phi) is 77.5. The predicted molar refractivity (Wildman–Crippen MR) is 463 cm³/mol. The number of aliphatic hydroxyl groups is 1. The highest BCUT2D eigenvalue weighted by Gasteiger charge is 2.30. The predicted octanol–water partition coefficient (Wildman–Crippen LogP) is 25.2. The summed E-state index contributed by atoms with van der Waals surface area (Å²) >= 11 is 0. The van der Waals surface area contributed by atoms with Gasteiger partial charge in [-0.15, -0.1) is 0 Å². The number of phosphoric acid groups is 2. The normalized spacial score (nSPS) is 14.9. The van der Waals surface area contributed by atoms with Gasteiger partial charge in [-0.3, -0.25) is 37.3 Å². The van der Waals surface area contributed by atoms with Crippen LogP contribution in [0.5, 0.6) is 0 Å². The number of aliphatic hydroxyl groups excluding tert-OH is 1. The second-order valence-corrected chi connectivity index (χ2v) is 29.8. The van der Waals surface area contributed by atoms with E-state index in [1.54, 1.807) is 0 Å². The molecule has 0 radical (unpaired) electrons. The molecule has 0 saturated heterocycles. The van der Waals surface area contributed by atoms with Gasteiger partial charge in [-0.25, -0.2) is 9.13 Å². The molecule has 2 unspecified atom stereocenters. The molecule has 19 heteroatoms. The molecule has 17 nitrogen and oxygen atoms in total. The van der Waals surface area contributed by atoms with E-state index in [1.165, 1.54) is 57.8 Å². The van der Waals surface area contributed by atoms with E-state index in [4.69, 9.17) is 37.0 Å². The van der Waals surface area contributed by atoms with Gasteiger partial charge in [0.15, 0.2) is 12.2 Å². The molecule has 3 N–H and O–H groups in total. The van der Waals surface area contributed by atoms with Gasteiger partial charge in [-0.05, 0) is 167 Å². The summed E-state index contributed by atoms with van der Waals surface area (Å²) in [4.78, 5) is 73.1. The molecule has 0 heterocycles. The quantitative estimate of drug-likeness (QED) is 0.0169. The molecule has 0 aliphatic heterocycles. The molecule has 0 saturated carbocycles. The summed E-state index contributed by atoms with van der Waals surface area (Å²) in [5.41, 5.74) is 0. The van der Waals surface area contributed by atoms with Crippen molar-refractivity contribution in [2.45, 2.75) is 303 Å². The zero-order valence-electron chi connectivity index (χ0n) is 69.0. The van der Waals surface area contributed by atoms with Crippen molar-refractivity contribution in [2.75, 3.05) is 39.6 Å². The molecule has 0 spiro atoms. The van der Waals surface area contributed by atoms with E-state index < -0.39 is 97.5 Å². The van der Waals surface area contributed by atoms with Crippen molar-refractivity contribution in [3.63, 3.8) is 0 Å². The van der Waals surface area contributed by atoms with Crippen LogP contribution in [0.1, 0.15) is 285 Å². The average molecular weight is 1600 g/mol. The maximum atomic E-state index is 13.1. The second-order valence-electron chi connectivity index (χ2n) is 26.9. The Morgan fingerprint density at radius 3 is 0.795 bits per heavy atom. The fourth-order valence-corrected chi connectivity index (χ4v) is 11.7. The third-order valence-corrected chi connectivity index (χ3v) is 18.3. The number of carbonyl (C=O) groups is 4. The van der Waals surface area contributed by atoms with Gasteiger partial charge in [0.25, 0.3) is 0 Å². The van der Waals surface area contributed by atoms with Crippen LogP contribution in [0, 0.1) is 0 Å². The summed E-state index contributed by atoms with van der Waals surface area (Å²) in [6.07, 6.45) is 105. The lowest BCUT2D eigenvalue weighted by Gasteiger charge is -2.21. The number of hydrogen-bond donors (Lipinski definition) is 3. The van der Waals surface area contributed by atoms with Crippen molar-refractivity contribution < 1.29 is 80.2 Å². The van der Waals surface area contributed by atoms with Crippen LogP contribution in [0.2, 0.25) is 0 Å². The minimum atomic E-state index is -5.04. The van der Waals surface area contributed by atoms with Crippen LogP contribution in [-0.4, -0.2) is 96.7 Å². The fraction of sp³-hybridized carbons (Fsp3) is 0.570. The Morgan fingerprint density at radius 2 is 0.482 bits per heavy atom. The van der Waals surface area contributed by atoms with E-state index in [9.17, 15) is 43.2 Å². The lowest BCUT2D eigenvalue weighted by Crippen LogP contribution is -2.30. The van der Waals surface area contributed by atoms with Crippen LogP contribution in [0.3, 0.4) is 0 Å². The first-order chi connectivity index (χ1) is 54.7. The van der Waals surface area contributed by atoms with Crippen LogP contribution >= 0.6 is 15.6 Å². The Morgan fingerprint density at radius 1 is 0.259 bits per heavy atom. The minimum Gasteiger partial charge on any atom is -0.462 e. The highest BCUT2D eigenvalue weighted by Crippen LogP contribution is 2.45. The van der Waals surface area contributed by atoms with Crippen molar-refractivity contribution in [3.8, 4) is 0 Å². The molecule has 0 bridgehead atoms. The first-order valence-electron chi connectivity index (χ1n) is 42.0. The largest absolute Gasteiger partial charge is 0.472 e. The summed E-state index contributed by atoms with van der Waals surface area (Å²) in [6.45, 7) is 4.32. The molecular formula is C93H146O17P2. The van der Waals surface area contributed by atoms with E-state index in [1.807, 2.05) is 54.7 Å². The zero-order chi connectivity index (χ0) is 81.7. The zero-order valence-corrected chi connectivity index (χ0v) is 70.8. The molecule has 112 heavy (non-hydrogen) atoms. The fourth-order valence-electron chi connectivity index (χ4n) is 10.1. The smallest absolute Gasteiger partial charge is 0.462 e. The summed E-state index contributed by atoms with van der Waals surface area (Å²) in [5.74, 6) is -2.50. The molecule has 0 aliphatic rings. The van der Waals surface area contributed by atoms with Crippen molar-refractivity contribution in [1.29, 1.82) is 0 Å². The third-order valence-electron chi connectivity index (χ3n) is 16.4. The van der Waals surface area contributed by atoms with E-state index in [2.05, 4.69) is 192 Å².